The lowest BCUT2D eigenvalue weighted by Gasteiger charge is -2.44. The van der Waals surface area contributed by atoms with Gasteiger partial charge in [-0.1, -0.05) is 174 Å². The van der Waals surface area contributed by atoms with Crippen molar-refractivity contribution in [2.75, 3.05) is 57.3 Å². The molecular formula is C57H70ClN7O4Si2. The van der Waals surface area contributed by atoms with E-state index in [0.29, 0.717) is 41.2 Å². The molecular weight excluding hydrogens is 938 g/mol. The van der Waals surface area contributed by atoms with Crippen LogP contribution in [-0.2, 0) is 20.2 Å². The number of piperazine rings is 1. The summed E-state index contributed by atoms with van der Waals surface area (Å²) in [5, 5.41) is 8.28. The van der Waals surface area contributed by atoms with Crippen LogP contribution in [0.2, 0.25) is 15.2 Å². The molecule has 0 spiro atoms. The SMILES string of the molecule is CC(C)(C)[Si](OCC(=O)NCC1CCN(Cc2cc(Cl)nc(Oc3cnc(N4CCN5C[C@@H](O[Si](c6ccccc6)(c6ccccc6)C(C)(C)C)C[C@@H]5C4)nc3)c2)CC1)(c1ccccc1)c1ccccc1. The molecule has 3 aliphatic rings. The highest BCUT2D eigenvalue weighted by Crippen LogP contribution is 2.40. The number of carbonyl (C=O) groups excluding carboxylic acids is 1. The Kier molecular flexibility index (Phi) is 15.6. The van der Waals surface area contributed by atoms with E-state index in [9.17, 15) is 4.79 Å². The molecule has 14 heteroatoms. The Labute approximate surface area is 428 Å². The second-order valence-electron chi connectivity index (χ2n) is 21.7. The number of nitrogens with one attached hydrogen (secondary N) is 1. The molecule has 1 amide bonds. The van der Waals surface area contributed by atoms with Crippen LogP contribution in [0.1, 0.15) is 66.4 Å². The minimum absolute atomic E-state index is 0.0237. The smallest absolute Gasteiger partial charge is 0.261 e. The van der Waals surface area contributed by atoms with E-state index in [1.165, 1.54) is 20.7 Å². The van der Waals surface area contributed by atoms with Gasteiger partial charge in [0.15, 0.2) is 5.75 Å². The van der Waals surface area contributed by atoms with Crippen LogP contribution in [0.5, 0.6) is 11.6 Å². The molecule has 11 nitrogen and oxygen atoms in total. The number of benzene rings is 4. The number of piperidine rings is 1. The maximum atomic E-state index is 13.4. The number of halogens is 1. The summed E-state index contributed by atoms with van der Waals surface area (Å²) in [5.74, 6) is 1.93. The van der Waals surface area contributed by atoms with E-state index < -0.39 is 16.6 Å². The average molecular weight is 1010 g/mol. The largest absolute Gasteiger partial charge is 0.436 e. The van der Waals surface area contributed by atoms with Crippen molar-refractivity contribution in [2.24, 2.45) is 5.92 Å². The number of anilines is 1. The molecule has 0 radical (unpaired) electrons. The van der Waals surface area contributed by atoms with Crippen molar-refractivity contribution in [1.82, 2.24) is 30.1 Å². The molecule has 372 valence electrons. The molecule has 0 saturated carbocycles. The first-order valence-electron chi connectivity index (χ1n) is 25.4. The molecule has 5 heterocycles. The normalized spacial score (nSPS) is 18.5. The third-order valence-electron chi connectivity index (χ3n) is 14.8. The van der Waals surface area contributed by atoms with E-state index in [1.54, 1.807) is 12.4 Å². The Bertz CT molecular complexity index is 2590. The first-order valence-corrected chi connectivity index (χ1v) is 29.6. The number of carbonyl (C=O) groups is 1. The van der Waals surface area contributed by atoms with Crippen LogP contribution < -0.4 is 35.7 Å². The van der Waals surface area contributed by atoms with Crippen LogP contribution in [-0.4, -0.2) is 112 Å². The number of rotatable bonds is 16. The molecule has 0 aliphatic carbocycles. The molecule has 2 atom stereocenters. The van der Waals surface area contributed by atoms with E-state index in [0.717, 1.165) is 70.6 Å². The lowest BCUT2D eigenvalue weighted by molar-refractivity contribution is -0.123. The van der Waals surface area contributed by atoms with Gasteiger partial charge in [0.05, 0.1) is 18.5 Å². The summed E-state index contributed by atoms with van der Waals surface area (Å²) in [4.78, 5) is 34.8. The van der Waals surface area contributed by atoms with Gasteiger partial charge in [0, 0.05) is 51.4 Å². The highest BCUT2D eigenvalue weighted by atomic mass is 35.5. The second-order valence-corrected chi connectivity index (χ2v) is 30.6. The van der Waals surface area contributed by atoms with Gasteiger partial charge in [-0.2, -0.15) is 0 Å². The van der Waals surface area contributed by atoms with Crippen molar-refractivity contribution in [2.45, 2.75) is 89.6 Å². The van der Waals surface area contributed by atoms with Gasteiger partial charge in [0.1, 0.15) is 11.8 Å². The predicted molar refractivity (Wildman–Crippen MR) is 291 cm³/mol. The Balaban J connectivity index is 0.755. The fourth-order valence-corrected chi connectivity index (χ4v) is 20.8. The van der Waals surface area contributed by atoms with E-state index >= 15 is 0 Å². The van der Waals surface area contributed by atoms with Gasteiger partial charge in [0.25, 0.3) is 16.6 Å². The van der Waals surface area contributed by atoms with Crippen LogP contribution in [0.3, 0.4) is 0 Å². The Morgan fingerprint density at radius 2 is 1.24 bits per heavy atom. The van der Waals surface area contributed by atoms with Crippen LogP contribution >= 0.6 is 11.6 Å². The standard InChI is InChI=1S/C57H70ClN7O4Si2/c1-56(2,3)70(48-19-11-7-12-20-48,49-21-13-8-14-22-49)67-42-53(66)59-36-43-27-29-63(30-28-43)39-44-33-52(58)62-54(34-44)68-47-37-60-55(61-38-47)65-32-31-64-41-46(35-45(64)40-65)69-71(57(4,5)6,50-23-15-9-16-24-50)51-25-17-10-18-26-51/h7-26,33-34,37-38,43,45-46H,27-32,35-36,39-42H2,1-6H3,(H,59,66)/t45-,46+/m1/s1. The zero-order valence-electron chi connectivity index (χ0n) is 42.3. The fraction of sp³-hybridized carbons (Fsp3) is 0.404. The highest BCUT2D eigenvalue weighted by molar-refractivity contribution is 7.00. The number of likely N-dealkylation sites (tertiary alicyclic amines) is 1. The summed E-state index contributed by atoms with van der Waals surface area (Å²) in [7, 11) is -5.46. The van der Waals surface area contributed by atoms with Gasteiger partial charge in [0.2, 0.25) is 17.7 Å². The number of hydrogen-bond acceptors (Lipinski definition) is 10. The summed E-state index contributed by atoms with van der Waals surface area (Å²) in [6.07, 6.45) is 6.50. The quantitative estimate of drug-likeness (QED) is 0.0757. The minimum atomic E-state index is -2.80. The third kappa shape index (κ3) is 11.4. The van der Waals surface area contributed by atoms with Crippen LogP contribution in [0.4, 0.5) is 5.95 Å². The number of aromatic nitrogens is 3. The van der Waals surface area contributed by atoms with E-state index in [2.05, 4.69) is 176 Å². The first kappa shape index (κ1) is 50.7. The van der Waals surface area contributed by atoms with Gasteiger partial charge in [-0.3, -0.25) is 14.6 Å². The van der Waals surface area contributed by atoms with Crippen molar-refractivity contribution in [1.29, 1.82) is 0 Å². The Hall–Kier alpha value is -5.26. The molecule has 2 aromatic heterocycles. The summed E-state index contributed by atoms with van der Waals surface area (Å²) in [6.45, 7) is 20.4. The van der Waals surface area contributed by atoms with E-state index in [4.69, 9.17) is 35.2 Å². The molecule has 6 aromatic rings. The number of pyridine rings is 1. The maximum absolute atomic E-state index is 13.4. The zero-order chi connectivity index (χ0) is 49.6. The van der Waals surface area contributed by atoms with Crippen molar-refractivity contribution in [3.05, 3.63) is 157 Å². The molecule has 1 N–H and O–H groups in total. The number of amides is 1. The van der Waals surface area contributed by atoms with Crippen molar-refractivity contribution in [3.63, 3.8) is 0 Å². The summed E-state index contributed by atoms with van der Waals surface area (Å²) < 4.78 is 20.6. The summed E-state index contributed by atoms with van der Waals surface area (Å²) in [6, 6.07) is 47.0. The number of hydrogen-bond donors (Lipinski definition) is 1. The number of fused-ring (bicyclic) bond motifs is 1. The molecule has 3 fully saturated rings. The number of nitrogens with zero attached hydrogens (tertiary/aromatic N) is 6. The predicted octanol–water partition coefficient (Wildman–Crippen LogP) is 8.06. The number of ether oxygens (including phenoxy) is 1. The third-order valence-corrected chi connectivity index (χ3v) is 25.1. The lowest BCUT2D eigenvalue weighted by atomic mass is 9.96. The molecule has 3 saturated heterocycles. The van der Waals surface area contributed by atoms with Gasteiger partial charge in [-0.25, -0.2) is 15.0 Å². The molecule has 3 aliphatic heterocycles. The monoisotopic (exact) mass is 1010 g/mol. The van der Waals surface area contributed by atoms with E-state index in [-0.39, 0.29) is 28.7 Å². The van der Waals surface area contributed by atoms with Crippen molar-refractivity contribution in [3.8, 4) is 11.6 Å². The second kappa shape index (κ2) is 21.8. The lowest BCUT2D eigenvalue weighted by Crippen LogP contribution is -2.67. The van der Waals surface area contributed by atoms with Crippen LogP contribution in [0, 0.1) is 5.92 Å². The Morgan fingerprint density at radius 3 is 1.77 bits per heavy atom. The van der Waals surface area contributed by atoms with Crippen molar-refractivity contribution >= 4 is 60.8 Å². The summed E-state index contributed by atoms with van der Waals surface area (Å²) >= 11 is 6.57. The van der Waals surface area contributed by atoms with Gasteiger partial charge in [-0.15, -0.1) is 0 Å². The van der Waals surface area contributed by atoms with Crippen LogP contribution in [0.25, 0.3) is 0 Å². The zero-order valence-corrected chi connectivity index (χ0v) is 45.0. The topological polar surface area (TPSA) is 105 Å². The minimum Gasteiger partial charge on any atom is -0.436 e. The molecule has 4 aromatic carbocycles. The molecule has 71 heavy (non-hydrogen) atoms. The van der Waals surface area contributed by atoms with E-state index in [1.807, 2.05) is 24.3 Å². The molecule has 0 bridgehead atoms. The highest BCUT2D eigenvalue weighted by Gasteiger charge is 2.53. The fourth-order valence-electron chi connectivity index (χ4n) is 11.4. The molecule has 0 unspecified atom stereocenters. The Morgan fingerprint density at radius 1 is 0.704 bits per heavy atom. The first-order chi connectivity index (χ1) is 34.2. The average Bonchev–Trinajstić information content (AvgIpc) is 3.78. The van der Waals surface area contributed by atoms with Gasteiger partial charge >= 0.3 is 0 Å². The summed E-state index contributed by atoms with van der Waals surface area (Å²) in [5.41, 5.74) is 1.02. The van der Waals surface area contributed by atoms with Crippen molar-refractivity contribution < 1.29 is 18.4 Å². The van der Waals surface area contributed by atoms with Gasteiger partial charge < -0.3 is 23.8 Å². The molecule has 9 rings (SSSR count). The maximum Gasteiger partial charge on any atom is 0.261 e. The van der Waals surface area contributed by atoms with Gasteiger partial charge in [-0.05, 0) is 80.7 Å². The van der Waals surface area contributed by atoms with Crippen LogP contribution in [0.15, 0.2) is 146 Å².